The zero-order chi connectivity index (χ0) is 34.1. The van der Waals surface area contributed by atoms with Crippen molar-refractivity contribution < 1.29 is 88.5 Å². The van der Waals surface area contributed by atoms with Crippen molar-refractivity contribution in [2.75, 3.05) is 52.4 Å². The zero-order valence-electron chi connectivity index (χ0n) is 31.6. The molecule has 2 amide bonds. The first-order valence-electron chi connectivity index (χ1n) is 18.7. The van der Waals surface area contributed by atoms with Crippen LogP contribution in [0, 0.1) is 0 Å². The van der Waals surface area contributed by atoms with Crippen LogP contribution in [0.15, 0.2) is 0 Å². The van der Waals surface area contributed by atoms with Crippen LogP contribution in [0.4, 0.5) is 0 Å². The number of unbranched alkanes of at least 4 members (excludes halogenated alkanes) is 16. The third-order valence-electron chi connectivity index (χ3n) is 8.51. The van der Waals surface area contributed by atoms with E-state index in [-0.39, 0.29) is 96.9 Å². The van der Waals surface area contributed by atoms with Crippen LogP contribution in [-0.4, -0.2) is 85.9 Å². The Bertz CT molecular complexity index is 717. The van der Waals surface area contributed by atoms with Crippen molar-refractivity contribution in [3.63, 3.8) is 0 Å². The first kappa shape index (κ1) is 52.2. The normalized spacial score (nSPS) is 10.8. The van der Waals surface area contributed by atoms with Crippen molar-refractivity contribution in [3.8, 4) is 0 Å². The summed E-state index contributed by atoms with van der Waals surface area (Å²) in [6, 6.07) is 0. The molecule has 0 aromatic rings. The van der Waals surface area contributed by atoms with Crippen molar-refractivity contribution in [1.29, 1.82) is 0 Å². The molecule has 48 heavy (non-hydrogen) atoms. The molecule has 270 valence electrons. The first-order valence-corrected chi connectivity index (χ1v) is 18.7. The van der Waals surface area contributed by atoms with Gasteiger partial charge in [0.2, 0.25) is 11.8 Å². The maximum atomic E-state index is 12.3. The summed E-state index contributed by atoms with van der Waals surface area (Å²) in [7, 11) is 0. The summed E-state index contributed by atoms with van der Waals surface area (Å²) in [6.45, 7) is 7.80. The SMILES string of the molecule is CCCCCCCCCCCC(=O)NCCN(CCC(=O)[O-])CCN(CCNC(=O)CCCCCCCCCCC)CCC(=O)[O-].[Na+].[Na+]. The van der Waals surface area contributed by atoms with Crippen LogP contribution < -0.4 is 80.0 Å². The Kier molecular flexibility index (Phi) is 43.0. The second-order valence-electron chi connectivity index (χ2n) is 12.8. The van der Waals surface area contributed by atoms with Crippen LogP contribution in [0.25, 0.3) is 0 Å². The smallest absolute Gasteiger partial charge is 0.550 e. The molecule has 0 heterocycles. The summed E-state index contributed by atoms with van der Waals surface area (Å²) < 4.78 is 0. The van der Waals surface area contributed by atoms with Gasteiger partial charge in [0, 0.05) is 77.1 Å². The van der Waals surface area contributed by atoms with E-state index >= 15 is 0 Å². The number of rotatable bonds is 35. The molecule has 10 nitrogen and oxygen atoms in total. The fraction of sp³-hybridized carbons (Fsp3) is 0.889. The first-order chi connectivity index (χ1) is 22.3. The summed E-state index contributed by atoms with van der Waals surface area (Å²) in [5, 5.41) is 28.1. The molecule has 0 bridgehead atoms. The summed E-state index contributed by atoms with van der Waals surface area (Å²) in [5.74, 6) is -2.25. The average molecular weight is 699 g/mol. The van der Waals surface area contributed by atoms with E-state index in [4.69, 9.17) is 0 Å². The number of amides is 2. The topological polar surface area (TPSA) is 145 Å². The zero-order valence-corrected chi connectivity index (χ0v) is 35.6. The van der Waals surface area contributed by atoms with Gasteiger partial charge in [0.15, 0.2) is 0 Å². The number of carboxylic acid groups (broad SMARTS) is 2. The van der Waals surface area contributed by atoms with E-state index < -0.39 is 11.9 Å². The van der Waals surface area contributed by atoms with Gasteiger partial charge >= 0.3 is 59.1 Å². The maximum absolute atomic E-state index is 12.3. The van der Waals surface area contributed by atoms with Crippen molar-refractivity contribution in [2.45, 2.75) is 155 Å². The fourth-order valence-corrected chi connectivity index (χ4v) is 5.53. The second kappa shape index (κ2) is 39.6. The average Bonchev–Trinajstić information content (AvgIpc) is 3.02. The molecule has 0 aliphatic carbocycles. The number of carbonyl (C=O) groups excluding carboxylic acids is 4. The minimum absolute atomic E-state index is 0. The Balaban J connectivity index is -0.0000101. The Hall–Kier alpha value is -0.200. The van der Waals surface area contributed by atoms with Crippen LogP contribution in [-0.2, 0) is 19.2 Å². The molecule has 0 atom stereocenters. The van der Waals surface area contributed by atoms with Gasteiger partial charge in [-0.1, -0.05) is 117 Å². The Morgan fingerprint density at radius 2 is 0.708 bits per heavy atom. The Morgan fingerprint density at radius 3 is 1.00 bits per heavy atom. The number of hydrogen-bond donors (Lipinski definition) is 2. The van der Waals surface area contributed by atoms with Crippen LogP contribution >= 0.6 is 0 Å². The molecule has 0 radical (unpaired) electrons. The van der Waals surface area contributed by atoms with Crippen molar-refractivity contribution in [2.24, 2.45) is 0 Å². The van der Waals surface area contributed by atoms with Crippen molar-refractivity contribution in [3.05, 3.63) is 0 Å². The number of aliphatic carboxylic acids is 2. The maximum Gasteiger partial charge on any atom is 1.00 e. The van der Waals surface area contributed by atoms with Crippen LogP contribution in [0.3, 0.4) is 0 Å². The van der Waals surface area contributed by atoms with Gasteiger partial charge in [-0.05, 0) is 25.7 Å². The van der Waals surface area contributed by atoms with Gasteiger partial charge < -0.3 is 30.4 Å². The summed E-state index contributed by atoms with van der Waals surface area (Å²) in [4.78, 5) is 50.7. The van der Waals surface area contributed by atoms with Gasteiger partial charge in [0.05, 0.1) is 0 Å². The number of hydrogen-bond acceptors (Lipinski definition) is 8. The summed E-state index contributed by atoms with van der Waals surface area (Å²) in [5.41, 5.74) is 0. The minimum atomic E-state index is -1.14. The largest absolute Gasteiger partial charge is 1.00 e. The molecule has 12 heteroatoms. The van der Waals surface area contributed by atoms with Crippen LogP contribution in [0.1, 0.15) is 155 Å². The molecule has 0 saturated carbocycles. The van der Waals surface area contributed by atoms with Gasteiger partial charge in [-0.2, -0.15) is 0 Å². The third kappa shape index (κ3) is 38.6. The molecule has 0 fully saturated rings. The molecule has 0 spiro atoms. The molecule has 0 saturated heterocycles. The molecular weight excluding hydrogens is 630 g/mol. The van der Waals surface area contributed by atoms with E-state index in [1.165, 1.54) is 77.0 Å². The van der Waals surface area contributed by atoms with Crippen LogP contribution in [0.2, 0.25) is 0 Å². The predicted molar refractivity (Wildman–Crippen MR) is 182 cm³/mol. The van der Waals surface area contributed by atoms with Gasteiger partial charge in [-0.25, -0.2) is 0 Å². The summed E-state index contributed by atoms with van der Waals surface area (Å²) >= 11 is 0. The second-order valence-corrected chi connectivity index (χ2v) is 12.8. The number of nitrogens with zero attached hydrogens (tertiary/aromatic N) is 2. The number of carboxylic acids is 2. The molecule has 0 aliphatic heterocycles. The molecule has 2 N–H and O–H groups in total. The predicted octanol–water partition coefficient (Wildman–Crippen LogP) is -2.05. The van der Waals surface area contributed by atoms with Gasteiger partial charge in [0.25, 0.3) is 0 Å². The molecule has 0 rings (SSSR count). The van der Waals surface area contributed by atoms with E-state index in [1.807, 2.05) is 9.80 Å². The Morgan fingerprint density at radius 1 is 0.417 bits per heavy atom. The van der Waals surface area contributed by atoms with Gasteiger partial charge in [-0.3, -0.25) is 19.4 Å². The van der Waals surface area contributed by atoms with Gasteiger partial charge in [-0.15, -0.1) is 0 Å². The third-order valence-corrected chi connectivity index (χ3v) is 8.51. The molecule has 0 unspecified atom stereocenters. The molecule has 0 aromatic carbocycles. The summed E-state index contributed by atoms with van der Waals surface area (Å²) in [6.07, 6.45) is 22.3. The quantitative estimate of drug-likeness (QED) is 0.0569. The van der Waals surface area contributed by atoms with Crippen molar-refractivity contribution >= 4 is 23.8 Å². The standard InChI is InChI=1S/C36H70N4O6.2Na/c1-3-5-7-9-11-13-15-17-19-21-33(41)37-25-29-39(27-23-35(43)44)31-32-40(28-24-36(45)46)30-26-38-34(42)22-20-18-16-14-12-10-8-6-4-2;;/h3-32H2,1-2H3,(H,37,41)(H,38,42)(H,43,44)(H,45,46);;/q;2*+1/p-2. The molecule has 0 aromatic heterocycles. The van der Waals surface area contributed by atoms with Crippen molar-refractivity contribution in [1.82, 2.24) is 20.4 Å². The minimum Gasteiger partial charge on any atom is -0.550 e. The molecular formula is C36H68N4Na2O6. The fourth-order valence-electron chi connectivity index (χ4n) is 5.53. The molecule has 0 aliphatic rings. The van der Waals surface area contributed by atoms with E-state index in [2.05, 4.69) is 24.5 Å². The van der Waals surface area contributed by atoms with E-state index in [1.54, 1.807) is 0 Å². The van der Waals surface area contributed by atoms with E-state index in [0.29, 0.717) is 52.1 Å². The van der Waals surface area contributed by atoms with Gasteiger partial charge in [0.1, 0.15) is 0 Å². The Labute approximate surface area is 337 Å². The monoisotopic (exact) mass is 698 g/mol. The van der Waals surface area contributed by atoms with Crippen LogP contribution in [0.5, 0.6) is 0 Å². The van der Waals surface area contributed by atoms with E-state index in [9.17, 15) is 29.4 Å². The number of carbonyl (C=O) groups is 4. The number of nitrogens with one attached hydrogen (secondary N) is 2. The van der Waals surface area contributed by atoms with E-state index in [0.717, 1.165) is 38.5 Å².